The minimum absolute atomic E-state index is 0. The van der Waals surface area contributed by atoms with E-state index in [-0.39, 0.29) is 37.3 Å². The topological polar surface area (TPSA) is 93.8 Å². The molecule has 0 aliphatic carbocycles. The van der Waals surface area contributed by atoms with Crippen molar-refractivity contribution in [3.05, 3.63) is 35.4 Å². The minimum atomic E-state index is -0.391. The van der Waals surface area contributed by atoms with Crippen LogP contribution < -0.4 is 16.0 Å². The average molecular weight is 396 g/mol. The van der Waals surface area contributed by atoms with Crippen molar-refractivity contribution >= 4 is 30.3 Å². The summed E-state index contributed by atoms with van der Waals surface area (Å²) in [6.07, 6.45) is 0.911. The molecule has 0 spiro atoms. The van der Waals surface area contributed by atoms with Gasteiger partial charge in [-0.25, -0.2) is 4.79 Å². The summed E-state index contributed by atoms with van der Waals surface area (Å²) in [6, 6.07) is 6.65. The fraction of sp³-hybridized carbons (Fsp3) is 0.500. The Balaban J connectivity index is 0.00000261. The van der Waals surface area contributed by atoms with Gasteiger partial charge in [0.1, 0.15) is 0 Å². The number of amides is 4. The molecule has 0 saturated carbocycles. The quantitative estimate of drug-likeness (QED) is 0.452. The second kappa shape index (κ2) is 10.2. The van der Waals surface area contributed by atoms with Crippen LogP contribution in [-0.4, -0.2) is 73.5 Å². The lowest BCUT2D eigenvalue weighted by Gasteiger charge is -2.27. The Morgan fingerprint density at radius 1 is 1.19 bits per heavy atom. The maximum atomic E-state index is 12.3. The van der Waals surface area contributed by atoms with Crippen molar-refractivity contribution in [2.24, 2.45) is 0 Å². The summed E-state index contributed by atoms with van der Waals surface area (Å²) in [5.74, 6) is -0.387. The van der Waals surface area contributed by atoms with E-state index < -0.39 is 6.03 Å². The number of rotatable bonds is 7. The number of hydrogen-bond donors (Lipinski definition) is 3. The van der Waals surface area contributed by atoms with E-state index >= 15 is 0 Å². The van der Waals surface area contributed by atoms with Gasteiger partial charge < -0.3 is 20.9 Å². The molecule has 0 aromatic heterocycles. The molecule has 2 heterocycles. The van der Waals surface area contributed by atoms with Crippen molar-refractivity contribution in [1.29, 1.82) is 0 Å². The van der Waals surface area contributed by atoms with Gasteiger partial charge >= 0.3 is 6.03 Å². The van der Waals surface area contributed by atoms with Gasteiger partial charge in [-0.3, -0.25) is 14.5 Å². The molecule has 2 fully saturated rings. The lowest BCUT2D eigenvalue weighted by atomic mass is 10.1. The highest BCUT2D eigenvalue weighted by Gasteiger charge is 2.28. The molecule has 0 radical (unpaired) electrons. The largest absolute Gasteiger partial charge is 0.352 e. The predicted molar refractivity (Wildman–Crippen MR) is 104 cm³/mol. The first kappa shape index (κ1) is 21.1. The molecule has 0 atom stereocenters. The molecule has 1 aromatic rings. The van der Waals surface area contributed by atoms with Crippen LogP contribution in [0.1, 0.15) is 22.3 Å². The molecular formula is C18H26ClN5O3. The number of imide groups is 1. The highest BCUT2D eigenvalue weighted by atomic mass is 35.5. The zero-order valence-corrected chi connectivity index (χ0v) is 16.0. The minimum Gasteiger partial charge on any atom is -0.352 e. The molecule has 1 aromatic carbocycles. The molecule has 4 amide bonds. The number of hydrogen-bond acceptors (Lipinski definition) is 5. The van der Waals surface area contributed by atoms with Gasteiger partial charge in [0.05, 0.1) is 13.1 Å². The van der Waals surface area contributed by atoms with Crippen LogP contribution in [0.3, 0.4) is 0 Å². The Kier molecular flexibility index (Phi) is 8.02. The van der Waals surface area contributed by atoms with Crippen LogP contribution >= 0.6 is 12.4 Å². The summed E-state index contributed by atoms with van der Waals surface area (Å²) in [7, 11) is 0. The maximum absolute atomic E-state index is 12.3. The molecule has 148 valence electrons. The first-order valence-electron chi connectivity index (χ1n) is 9.02. The van der Waals surface area contributed by atoms with E-state index in [1.807, 2.05) is 0 Å². The number of halogens is 1. The molecule has 8 nitrogen and oxygen atoms in total. The lowest BCUT2D eigenvalue weighted by Crippen LogP contribution is -2.44. The van der Waals surface area contributed by atoms with Gasteiger partial charge in [0.2, 0.25) is 5.91 Å². The fourth-order valence-electron chi connectivity index (χ4n) is 3.15. The fourth-order valence-corrected chi connectivity index (χ4v) is 3.15. The summed E-state index contributed by atoms with van der Waals surface area (Å²) >= 11 is 0. The lowest BCUT2D eigenvalue weighted by molar-refractivity contribution is -0.125. The van der Waals surface area contributed by atoms with Crippen LogP contribution in [0.2, 0.25) is 0 Å². The number of urea groups is 1. The maximum Gasteiger partial charge on any atom is 0.324 e. The van der Waals surface area contributed by atoms with Crippen molar-refractivity contribution in [3.8, 4) is 0 Å². The van der Waals surface area contributed by atoms with Gasteiger partial charge in [-0.15, -0.1) is 12.4 Å². The molecule has 3 rings (SSSR count). The Hall–Kier alpha value is -2.16. The van der Waals surface area contributed by atoms with Crippen molar-refractivity contribution in [2.45, 2.75) is 13.0 Å². The molecular weight excluding hydrogens is 370 g/mol. The first-order valence-corrected chi connectivity index (χ1v) is 9.02. The second-order valence-corrected chi connectivity index (χ2v) is 6.54. The van der Waals surface area contributed by atoms with Crippen LogP contribution in [0.15, 0.2) is 24.3 Å². The Morgan fingerprint density at radius 3 is 2.67 bits per heavy atom. The van der Waals surface area contributed by atoms with Gasteiger partial charge in [-0.2, -0.15) is 0 Å². The summed E-state index contributed by atoms with van der Waals surface area (Å²) in [5, 5.41) is 8.74. The highest BCUT2D eigenvalue weighted by Crippen LogP contribution is 2.11. The van der Waals surface area contributed by atoms with Crippen LogP contribution in [0, 0.1) is 0 Å². The summed E-state index contributed by atoms with van der Waals surface area (Å²) < 4.78 is 0. The van der Waals surface area contributed by atoms with Gasteiger partial charge in [0.15, 0.2) is 0 Å². The second-order valence-electron chi connectivity index (χ2n) is 6.54. The Labute approximate surface area is 165 Å². The van der Waals surface area contributed by atoms with Crippen LogP contribution in [0.5, 0.6) is 0 Å². The third-order valence-corrected chi connectivity index (χ3v) is 4.61. The highest BCUT2D eigenvalue weighted by molar-refractivity contribution is 6.02. The third-order valence-electron chi connectivity index (χ3n) is 4.61. The third kappa shape index (κ3) is 5.92. The van der Waals surface area contributed by atoms with Crippen molar-refractivity contribution in [1.82, 2.24) is 25.8 Å². The molecule has 2 aliphatic heterocycles. The zero-order chi connectivity index (χ0) is 18.4. The van der Waals surface area contributed by atoms with E-state index in [4.69, 9.17) is 0 Å². The standard InChI is InChI=1S/C18H25N5O3.ClH/c24-16-12-21-18(26)23(16)13-14-3-1-4-15(11-14)17(25)20-5-2-8-22-9-6-19-7-10-22;/h1,3-4,11,19H,2,5-10,12-13H2,(H,20,25)(H,21,26);1H. The number of nitrogens with one attached hydrogen (secondary N) is 3. The van der Waals surface area contributed by atoms with Crippen LogP contribution in [-0.2, 0) is 11.3 Å². The van der Waals surface area contributed by atoms with E-state index in [0.717, 1.165) is 49.6 Å². The molecule has 9 heteroatoms. The van der Waals surface area contributed by atoms with Crippen molar-refractivity contribution in [3.63, 3.8) is 0 Å². The number of piperazine rings is 1. The zero-order valence-electron chi connectivity index (χ0n) is 15.2. The van der Waals surface area contributed by atoms with Crippen LogP contribution in [0.4, 0.5) is 4.79 Å². The smallest absolute Gasteiger partial charge is 0.324 e. The number of nitrogens with zero attached hydrogens (tertiary/aromatic N) is 2. The SMILES string of the molecule is Cl.O=C(NCCCN1CCNCC1)c1cccc(CN2C(=O)CNC2=O)c1. The molecule has 0 bridgehead atoms. The van der Waals surface area contributed by atoms with E-state index in [0.29, 0.717) is 12.1 Å². The number of carbonyl (C=O) groups is 3. The average Bonchev–Trinajstić information content (AvgIpc) is 2.98. The van der Waals surface area contributed by atoms with Gasteiger partial charge in [-0.1, -0.05) is 12.1 Å². The summed E-state index contributed by atoms with van der Waals surface area (Å²) in [6.45, 7) is 5.97. The Morgan fingerprint density at radius 2 is 1.96 bits per heavy atom. The molecule has 0 unspecified atom stereocenters. The first-order chi connectivity index (χ1) is 12.6. The molecule has 3 N–H and O–H groups in total. The van der Waals surface area contributed by atoms with E-state index in [1.165, 1.54) is 0 Å². The number of benzene rings is 1. The van der Waals surface area contributed by atoms with Gasteiger partial charge in [0.25, 0.3) is 5.91 Å². The molecule has 2 saturated heterocycles. The van der Waals surface area contributed by atoms with Crippen molar-refractivity contribution in [2.75, 3.05) is 45.8 Å². The van der Waals surface area contributed by atoms with E-state index in [9.17, 15) is 14.4 Å². The summed E-state index contributed by atoms with van der Waals surface area (Å²) in [5.41, 5.74) is 1.29. The van der Waals surface area contributed by atoms with Gasteiger partial charge in [-0.05, 0) is 30.7 Å². The van der Waals surface area contributed by atoms with E-state index in [2.05, 4.69) is 20.9 Å². The number of carbonyl (C=O) groups excluding carboxylic acids is 3. The molecule has 2 aliphatic rings. The van der Waals surface area contributed by atoms with E-state index in [1.54, 1.807) is 24.3 Å². The van der Waals surface area contributed by atoms with Gasteiger partial charge in [0, 0.05) is 38.3 Å². The monoisotopic (exact) mass is 395 g/mol. The summed E-state index contributed by atoms with van der Waals surface area (Å²) in [4.78, 5) is 39.2. The predicted octanol–water partition coefficient (Wildman–Crippen LogP) is 0.185. The van der Waals surface area contributed by atoms with Crippen molar-refractivity contribution < 1.29 is 14.4 Å². The normalized spacial score (nSPS) is 17.4. The Bertz CT molecular complexity index is 663. The molecule has 27 heavy (non-hydrogen) atoms. The van der Waals surface area contributed by atoms with Crippen LogP contribution in [0.25, 0.3) is 0 Å².